The minimum Gasteiger partial charge on any atom is -0.465 e. The number of nitrogens with zero attached hydrogens (tertiary/aromatic N) is 2. The Bertz CT molecular complexity index is 803. The molecular formula is C28H44N4O6. The normalized spacial score (nSPS) is 31.9. The van der Waals surface area contributed by atoms with E-state index in [2.05, 4.69) is 29.6 Å². The topological polar surface area (TPSA) is 145 Å². The quantitative estimate of drug-likeness (QED) is 0.294. The Morgan fingerprint density at radius 3 is 1.53 bits per heavy atom. The number of carboxylic acid groups (broad SMARTS) is 2. The van der Waals surface area contributed by atoms with E-state index < -0.39 is 24.4 Å². The summed E-state index contributed by atoms with van der Waals surface area (Å²) in [5.41, 5.74) is 5.48. The molecule has 38 heavy (non-hydrogen) atoms. The third kappa shape index (κ3) is 7.65. The highest BCUT2D eigenvalue weighted by Gasteiger charge is 2.51. The molecule has 4 aliphatic carbocycles. The first-order chi connectivity index (χ1) is 18.4. The lowest BCUT2D eigenvalue weighted by molar-refractivity contribution is 0.0421. The largest absolute Gasteiger partial charge is 0.465 e. The summed E-state index contributed by atoms with van der Waals surface area (Å²) >= 11 is 0. The Morgan fingerprint density at radius 1 is 0.789 bits per heavy atom. The molecule has 10 nitrogen and oxygen atoms in total. The van der Waals surface area contributed by atoms with Crippen molar-refractivity contribution in [1.29, 1.82) is 0 Å². The molecule has 0 aromatic rings. The van der Waals surface area contributed by atoms with E-state index >= 15 is 0 Å². The average Bonchev–Trinajstić information content (AvgIpc) is 3.69. The smallest absolute Gasteiger partial charge is 0.407 e. The number of fused-ring (bicyclic) bond motifs is 2. The molecular weight excluding hydrogens is 488 g/mol. The van der Waals surface area contributed by atoms with E-state index in [-0.39, 0.29) is 26.2 Å². The van der Waals surface area contributed by atoms with E-state index in [0.29, 0.717) is 48.6 Å². The van der Waals surface area contributed by atoms with Crippen LogP contribution in [0.3, 0.4) is 0 Å². The zero-order valence-electron chi connectivity index (χ0n) is 22.2. The number of amides is 3. The van der Waals surface area contributed by atoms with Gasteiger partial charge in [0.25, 0.3) is 0 Å². The highest BCUT2D eigenvalue weighted by atomic mass is 16.6. The van der Waals surface area contributed by atoms with E-state index in [1.807, 2.05) is 0 Å². The number of ether oxygens (including phenoxy) is 1. The summed E-state index contributed by atoms with van der Waals surface area (Å²) in [6, 6.07) is 0. The van der Waals surface area contributed by atoms with Crippen LogP contribution in [0.15, 0.2) is 24.3 Å². The van der Waals surface area contributed by atoms with E-state index in [9.17, 15) is 24.6 Å². The fraction of sp³-hybridized carbons (Fsp3) is 0.750. The Kier molecular flexibility index (Phi) is 9.93. The highest BCUT2D eigenvalue weighted by Crippen LogP contribution is 2.54. The summed E-state index contributed by atoms with van der Waals surface area (Å²) in [6.07, 6.45) is 13.4. The SMILES string of the molecule is NCCNC(=O)OC(CN(CC1C2CC/C=C/CCC21)C(=O)O)CN(CC1C2CC/C=C/CCC21)C(=O)O. The molecule has 2 fully saturated rings. The van der Waals surface area contributed by atoms with Crippen LogP contribution in [0.2, 0.25) is 0 Å². The zero-order chi connectivity index (χ0) is 27.1. The molecule has 3 amide bonds. The molecule has 0 aromatic carbocycles. The molecule has 2 saturated carbocycles. The molecule has 212 valence electrons. The highest BCUT2D eigenvalue weighted by molar-refractivity contribution is 5.68. The van der Waals surface area contributed by atoms with E-state index in [1.54, 1.807) is 0 Å². The molecule has 0 radical (unpaired) electrons. The third-order valence-corrected chi connectivity index (χ3v) is 8.96. The van der Waals surface area contributed by atoms with Gasteiger partial charge in [0.1, 0.15) is 6.10 Å². The van der Waals surface area contributed by atoms with Crippen molar-refractivity contribution in [3.63, 3.8) is 0 Å². The van der Waals surface area contributed by atoms with Crippen LogP contribution in [0.4, 0.5) is 14.4 Å². The fourth-order valence-electron chi connectivity index (χ4n) is 6.89. The first kappa shape index (κ1) is 28.3. The lowest BCUT2D eigenvalue weighted by Gasteiger charge is -2.29. The molecule has 0 saturated heterocycles. The Morgan fingerprint density at radius 2 is 1.18 bits per heavy atom. The van der Waals surface area contributed by atoms with Gasteiger partial charge < -0.3 is 35.8 Å². The standard InChI is InChI=1S/C28H44N4O6/c29-13-14-30-26(33)38-19(15-31(27(34)35)17-24-20-9-5-1-2-6-10-21(20)24)16-32(28(36)37)18-25-22-11-7-3-4-8-12-23(22)25/h1-4,19-25H,5-18,29H2,(H,30,33)(H,34,35)(H,36,37)/b2-1+,4-3+. The van der Waals surface area contributed by atoms with Gasteiger partial charge in [-0.2, -0.15) is 0 Å². The Hall–Kier alpha value is -2.75. The number of carbonyl (C=O) groups excluding carboxylic acids is 1. The van der Waals surface area contributed by atoms with E-state index in [4.69, 9.17) is 10.5 Å². The summed E-state index contributed by atoms with van der Waals surface area (Å²) in [4.78, 5) is 39.5. The first-order valence-electron chi connectivity index (χ1n) is 14.3. The monoisotopic (exact) mass is 532 g/mol. The molecule has 4 unspecified atom stereocenters. The summed E-state index contributed by atoms with van der Waals surface area (Å²) < 4.78 is 5.60. The average molecular weight is 533 g/mol. The number of carbonyl (C=O) groups is 3. The maximum atomic E-state index is 12.4. The van der Waals surface area contributed by atoms with Gasteiger partial charge in [-0.1, -0.05) is 24.3 Å². The van der Waals surface area contributed by atoms with Crippen LogP contribution in [-0.2, 0) is 4.74 Å². The summed E-state index contributed by atoms with van der Waals surface area (Å²) in [7, 11) is 0. The number of rotatable bonds is 11. The zero-order valence-corrected chi connectivity index (χ0v) is 22.2. The molecule has 4 rings (SSSR count). The van der Waals surface area contributed by atoms with Gasteiger partial charge >= 0.3 is 18.3 Å². The number of alkyl carbamates (subject to hydrolysis) is 1. The van der Waals surface area contributed by atoms with Crippen LogP contribution in [-0.4, -0.2) is 83.7 Å². The van der Waals surface area contributed by atoms with Gasteiger partial charge in [0, 0.05) is 26.2 Å². The van der Waals surface area contributed by atoms with Crippen LogP contribution in [0, 0.1) is 35.5 Å². The molecule has 0 aliphatic heterocycles. The van der Waals surface area contributed by atoms with Crippen molar-refractivity contribution >= 4 is 18.3 Å². The second kappa shape index (κ2) is 13.4. The number of hydrogen-bond acceptors (Lipinski definition) is 5. The fourth-order valence-corrected chi connectivity index (χ4v) is 6.89. The Labute approximate surface area is 225 Å². The van der Waals surface area contributed by atoms with Gasteiger partial charge in [-0.25, -0.2) is 14.4 Å². The van der Waals surface area contributed by atoms with Crippen molar-refractivity contribution in [2.45, 2.75) is 57.5 Å². The van der Waals surface area contributed by atoms with Gasteiger partial charge in [-0.3, -0.25) is 0 Å². The van der Waals surface area contributed by atoms with Crippen LogP contribution in [0.5, 0.6) is 0 Å². The van der Waals surface area contributed by atoms with Gasteiger partial charge in [0.2, 0.25) is 0 Å². The molecule has 4 atom stereocenters. The Balaban J connectivity index is 1.40. The van der Waals surface area contributed by atoms with Crippen molar-refractivity contribution in [2.75, 3.05) is 39.3 Å². The number of allylic oxidation sites excluding steroid dienone is 4. The van der Waals surface area contributed by atoms with Crippen LogP contribution in [0.25, 0.3) is 0 Å². The number of nitrogens with two attached hydrogens (primary N) is 1. The van der Waals surface area contributed by atoms with Gasteiger partial charge in [0.15, 0.2) is 0 Å². The predicted molar refractivity (Wildman–Crippen MR) is 143 cm³/mol. The lowest BCUT2D eigenvalue weighted by Crippen LogP contribution is -2.48. The summed E-state index contributed by atoms with van der Waals surface area (Å²) in [5, 5.41) is 22.6. The summed E-state index contributed by atoms with van der Waals surface area (Å²) in [6.45, 7) is 1.08. The van der Waals surface area contributed by atoms with Crippen LogP contribution >= 0.6 is 0 Å². The van der Waals surface area contributed by atoms with Crippen molar-refractivity contribution in [3.8, 4) is 0 Å². The maximum absolute atomic E-state index is 12.4. The predicted octanol–water partition coefficient (Wildman–Crippen LogP) is 3.98. The van der Waals surface area contributed by atoms with Crippen molar-refractivity contribution < 1.29 is 29.3 Å². The minimum absolute atomic E-state index is 0.0647. The van der Waals surface area contributed by atoms with Crippen molar-refractivity contribution in [2.24, 2.45) is 41.2 Å². The molecule has 5 N–H and O–H groups in total. The molecule has 0 bridgehead atoms. The molecule has 0 heterocycles. The van der Waals surface area contributed by atoms with Gasteiger partial charge in [-0.05, 0) is 86.9 Å². The molecule has 10 heteroatoms. The molecule has 0 spiro atoms. The van der Waals surface area contributed by atoms with E-state index in [0.717, 1.165) is 51.4 Å². The first-order valence-corrected chi connectivity index (χ1v) is 14.3. The molecule has 0 aromatic heterocycles. The maximum Gasteiger partial charge on any atom is 0.407 e. The number of nitrogens with one attached hydrogen (secondary N) is 1. The molecule has 4 aliphatic rings. The van der Waals surface area contributed by atoms with Gasteiger partial charge in [-0.15, -0.1) is 0 Å². The van der Waals surface area contributed by atoms with Crippen LogP contribution < -0.4 is 11.1 Å². The second-order valence-corrected chi connectivity index (χ2v) is 11.4. The minimum atomic E-state index is -1.08. The third-order valence-electron chi connectivity index (χ3n) is 8.96. The van der Waals surface area contributed by atoms with Crippen LogP contribution in [0.1, 0.15) is 51.4 Å². The van der Waals surface area contributed by atoms with Crippen molar-refractivity contribution in [3.05, 3.63) is 24.3 Å². The van der Waals surface area contributed by atoms with E-state index in [1.165, 1.54) is 9.80 Å². The van der Waals surface area contributed by atoms with Gasteiger partial charge in [0.05, 0.1) is 13.1 Å². The second-order valence-electron chi connectivity index (χ2n) is 11.4. The van der Waals surface area contributed by atoms with Crippen molar-refractivity contribution in [1.82, 2.24) is 15.1 Å². The lowest BCUT2D eigenvalue weighted by atomic mass is 10.1. The number of hydrogen-bond donors (Lipinski definition) is 4. The summed E-state index contributed by atoms with van der Waals surface area (Å²) in [5.74, 6) is 2.67.